The molecule has 1 heterocycles. The number of carbonyl (C=O) groups is 2. The van der Waals surface area contributed by atoms with Gasteiger partial charge in [0.2, 0.25) is 0 Å². The van der Waals surface area contributed by atoms with E-state index in [9.17, 15) is 9.59 Å². The number of rotatable bonds is 10. The van der Waals surface area contributed by atoms with Crippen molar-refractivity contribution in [2.45, 2.75) is 45.0 Å². The summed E-state index contributed by atoms with van der Waals surface area (Å²) in [5.41, 5.74) is 1.63. The smallest absolute Gasteiger partial charge is 0.303 e. The molecule has 1 aromatic carbocycles. The van der Waals surface area contributed by atoms with Gasteiger partial charge in [-0.3, -0.25) is 9.59 Å². The summed E-state index contributed by atoms with van der Waals surface area (Å²) in [6, 6.07) is 10.6. The summed E-state index contributed by atoms with van der Waals surface area (Å²) in [6.07, 6.45) is 6.04. The molecule has 1 amide bonds. The molecule has 1 atom stereocenters. The van der Waals surface area contributed by atoms with Gasteiger partial charge in [-0.05, 0) is 56.2 Å². The van der Waals surface area contributed by atoms with Crippen molar-refractivity contribution in [3.63, 3.8) is 0 Å². The maximum Gasteiger partial charge on any atom is 0.303 e. The number of carboxylic acids is 1. The first-order chi connectivity index (χ1) is 15.5. The van der Waals surface area contributed by atoms with Gasteiger partial charge in [-0.2, -0.15) is 0 Å². The van der Waals surface area contributed by atoms with Gasteiger partial charge in [-0.15, -0.1) is 0 Å². The number of aliphatic carboxylic acids is 1. The molecule has 1 aliphatic rings. The monoisotopic (exact) mass is 421 g/mol. The van der Waals surface area contributed by atoms with Gasteiger partial charge in [-0.25, -0.2) is 4.98 Å². The maximum atomic E-state index is 12.9. The van der Waals surface area contributed by atoms with E-state index >= 15 is 0 Å². The molecule has 31 heavy (non-hydrogen) atoms. The quantitative estimate of drug-likeness (QED) is 0.461. The van der Waals surface area contributed by atoms with Crippen molar-refractivity contribution in [3.05, 3.63) is 59.4 Å². The SMILES string of the molecule is [2H]C(c1ccccc1OCCCCCC(=O)O)N(C)C(=O)c1ccc(C#CC2CC2)nc1. The summed E-state index contributed by atoms with van der Waals surface area (Å²) in [5, 5.41) is 8.69. The van der Waals surface area contributed by atoms with E-state index in [0.717, 1.165) is 25.7 Å². The highest BCUT2D eigenvalue weighted by molar-refractivity contribution is 5.93. The number of pyridine rings is 1. The second-order valence-corrected chi connectivity index (χ2v) is 7.61. The number of ether oxygens (including phenoxy) is 1. The molecule has 1 aromatic heterocycles. The van der Waals surface area contributed by atoms with Gasteiger partial charge in [0.1, 0.15) is 11.4 Å². The molecule has 1 aliphatic carbocycles. The molecule has 0 aliphatic heterocycles. The van der Waals surface area contributed by atoms with Crippen LogP contribution in [-0.2, 0) is 11.3 Å². The minimum Gasteiger partial charge on any atom is -0.493 e. The largest absolute Gasteiger partial charge is 0.493 e. The molecule has 6 heteroatoms. The lowest BCUT2D eigenvalue weighted by molar-refractivity contribution is -0.137. The van der Waals surface area contributed by atoms with Crippen LogP contribution in [-0.4, -0.2) is 40.5 Å². The molecule has 2 aromatic rings. The predicted octanol–water partition coefficient (Wildman–Crippen LogP) is 4.14. The van der Waals surface area contributed by atoms with Crippen LogP contribution in [0.1, 0.15) is 61.5 Å². The van der Waals surface area contributed by atoms with E-state index in [4.69, 9.17) is 11.2 Å². The first-order valence-corrected chi connectivity index (χ1v) is 10.6. The molecule has 1 unspecified atom stereocenters. The summed E-state index contributed by atoms with van der Waals surface area (Å²) >= 11 is 0. The standard InChI is InChI=1S/C25H28N2O4/c1-27(25(30)20-13-15-22(26-17-20)14-12-19-10-11-19)18-21-7-4-5-8-23(21)31-16-6-2-3-9-24(28)29/h4-5,7-8,13,15,17,19H,2-3,6,9-11,16,18H2,1H3,(H,28,29)/i18D. The Morgan fingerprint density at radius 3 is 2.74 bits per heavy atom. The van der Waals surface area contributed by atoms with Gasteiger partial charge in [0.15, 0.2) is 0 Å². The van der Waals surface area contributed by atoms with E-state index in [-0.39, 0.29) is 12.3 Å². The summed E-state index contributed by atoms with van der Waals surface area (Å²) < 4.78 is 14.4. The van der Waals surface area contributed by atoms with Crippen LogP contribution in [0.5, 0.6) is 5.75 Å². The molecule has 0 saturated heterocycles. The van der Waals surface area contributed by atoms with Gasteiger partial charge in [-0.1, -0.05) is 24.1 Å². The average molecular weight is 422 g/mol. The van der Waals surface area contributed by atoms with Crippen molar-refractivity contribution in [2.75, 3.05) is 13.7 Å². The van der Waals surface area contributed by atoms with Crippen LogP contribution in [0.3, 0.4) is 0 Å². The highest BCUT2D eigenvalue weighted by Gasteiger charge is 2.18. The summed E-state index contributed by atoms with van der Waals surface area (Å²) in [4.78, 5) is 29.1. The minimum atomic E-state index is -0.944. The topological polar surface area (TPSA) is 79.7 Å². The molecule has 162 valence electrons. The van der Waals surface area contributed by atoms with E-state index < -0.39 is 12.5 Å². The number of amides is 1. The first-order valence-electron chi connectivity index (χ1n) is 11.1. The maximum absolute atomic E-state index is 12.9. The summed E-state index contributed by atoms with van der Waals surface area (Å²) in [5.74, 6) is 6.11. The fraction of sp³-hybridized carbons (Fsp3) is 0.400. The van der Waals surface area contributed by atoms with E-state index in [1.165, 1.54) is 11.1 Å². The molecule has 6 nitrogen and oxygen atoms in total. The highest BCUT2D eigenvalue weighted by Crippen LogP contribution is 2.27. The lowest BCUT2D eigenvalue weighted by Gasteiger charge is -2.19. The van der Waals surface area contributed by atoms with Gasteiger partial charge < -0.3 is 14.7 Å². The Bertz CT molecular complexity index is 993. The number of hydrogen-bond donors (Lipinski definition) is 1. The van der Waals surface area contributed by atoms with Gasteiger partial charge >= 0.3 is 5.97 Å². The number of carboxylic acid groups (broad SMARTS) is 1. The zero-order valence-electron chi connectivity index (χ0n) is 18.7. The molecular weight excluding hydrogens is 392 g/mol. The molecule has 3 rings (SSSR count). The van der Waals surface area contributed by atoms with E-state index in [1.54, 1.807) is 31.3 Å². The minimum absolute atomic E-state index is 0.154. The predicted molar refractivity (Wildman–Crippen MR) is 118 cm³/mol. The van der Waals surface area contributed by atoms with Crippen molar-refractivity contribution >= 4 is 11.9 Å². The normalized spacial score (nSPS) is 14.0. The number of benzene rings is 1. The van der Waals surface area contributed by atoms with Crippen LogP contribution in [0.25, 0.3) is 0 Å². The van der Waals surface area contributed by atoms with Crippen LogP contribution in [0.2, 0.25) is 0 Å². The second kappa shape index (κ2) is 11.2. The molecule has 0 bridgehead atoms. The Morgan fingerprint density at radius 2 is 2.03 bits per heavy atom. The van der Waals surface area contributed by atoms with Crippen LogP contribution in [0.4, 0.5) is 0 Å². The zero-order valence-corrected chi connectivity index (χ0v) is 17.7. The Labute approximate surface area is 184 Å². The average Bonchev–Trinajstić information content (AvgIpc) is 3.63. The fourth-order valence-corrected chi connectivity index (χ4v) is 2.92. The molecule has 1 N–H and O–H groups in total. The lowest BCUT2D eigenvalue weighted by Crippen LogP contribution is -2.26. The first kappa shape index (κ1) is 20.9. The van der Waals surface area contributed by atoms with Crippen LogP contribution in [0.15, 0.2) is 42.6 Å². The Hall–Kier alpha value is -3.33. The van der Waals surface area contributed by atoms with E-state index in [1.807, 2.05) is 12.1 Å². The number of carbonyl (C=O) groups excluding carboxylic acids is 1. The van der Waals surface area contributed by atoms with E-state index in [0.29, 0.717) is 41.5 Å². The molecular formula is C25H28N2O4. The van der Waals surface area contributed by atoms with Crippen molar-refractivity contribution in [1.29, 1.82) is 0 Å². The van der Waals surface area contributed by atoms with Crippen molar-refractivity contribution < 1.29 is 20.8 Å². The van der Waals surface area contributed by atoms with Gasteiger partial charge in [0.25, 0.3) is 5.91 Å². The fourth-order valence-electron chi connectivity index (χ4n) is 2.92. The number of aromatic nitrogens is 1. The van der Waals surface area contributed by atoms with Crippen LogP contribution >= 0.6 is 0 Å². The number of para-hydroxylation sites is 1. The second-order valence-electron chi connectivity index (χ2n) is 7.61. The molecule has 1 fully saturated rings. The molecule has 0 radical (unpaired) electrons. The number of unbranched alkanes of at least 4 members (excludes halogenated alkanes) is 2. The Kier molecular flexibility index (Phi) is 7.54. The highest BCUT2D eigenvalue weighted by atomic mass is 16.5. The number of hydrogen-bond acceptors (Lipinski definition) is 4. The van der Waals surface area contributed by atoms with Crippen LogP contribution < -0.4 is 4.74 Å². The van der Waals surface area contributed by atoms with Gasteiger partial charge in [0.05, 0.1) is 13.5 Å². The van der Waals surface area contributed by atoms with Crippen molar-refractivity contribution in [3.8, 4) is 17.6 Å². The van der Waals surface area contributed by atoms with Crippen LogP contribution in [0, 0.1) is 17.8 Å². The number of nitrogens with zero attached hydrogens (tertiary/aromatic N) is 2. The zero-order chi connectivity index (χ0) is 22.9. The molecule has 0 spiro atoms. The third kappa shape index (κ3) is 7.45. The Morgan fingerprint density at radius 1 is 1.23 bits per heavy atom. The molecule has 1 saturated carbocycles. The van der Waals surface area contributed by atoms with Crippen molar-refractivity contribution in [2.24, 2.45) is 5.92 Å². The lowest BCUT2D eigenvalue weighted by atomic mass is 10.1. The van der Waals surface area contributed by atoms with E-state index in [2.05, 4.69) is 16.8 Å². The van der Waals surface area contributed by atoms with Gasteiger partial charge in [0, 0.05) is 37.7 Å². The third-order valence-corrected chi connectivity index (χ3v) is 4.86. The summed E-state index contributed by atoms with van der Waals surface area (Å²) in [6.45, 7) is -0.520. The van der Waals surface area contributed by atoms with Crippen molar-refractivity contribution in [1.82, 2.24) is 9.88 Å². The Balaban J connectivity index is 1.58. The summed E-state index contributed by atoms with van der Waals surface area (Å²) in [7, 11) is 1.59. The third-order valence-electron chi connectivity index (χ3n) is 4.86.